The van der Waals surface area contributed by atoms with E-state index in [1.807, 2.05) is 30.3 Å². The van der Waals surface area contributed by atoms with Gasteiger partial charge in [-0.2, -0.15) is 0 Å². The summed E-state index contributed by atoms with van der Waals surface area (Å²) in [5.74, 6) is 0. The second kappa shape index (κ2) is 4.13. The van der Waals surface area contributed by atoms with Crippen LogP contribution >= 0.6 is 0 Å². The topological polar surface area (TPSA) is 32.3 Å². The van der Waals surface area contributed by atoms with Crippen molar-refractivity contribution in [3.8, 4) is 0 Å². The lowest BCUT2D eigenvalue weighted by Gasteiger charge is -2.19. The van der Waals surface area contributed by atoms with Gasteiger partial charge in [-0.15, -0.1) is 0 Å². The van der Waals surface area contributed by atoms with Gasteiger partial charge in [0, 0.05) is 18.8 Å². The number of hydrogen-bond acceptors (Lipinski definition) is 1. The summed E-state index contributed by atoms with van der Waals surface area (Å²) in [6.45, 7) is 1.61. The van der Waals surface area contributed by atoms with E-state index in [1.54, 1.807) is 4.90 Å². The monoisotopic (exact) mass is 190 g/mol. The van der Waals surface area contributed by atoms with Crippen LogP contribution in [0.15, 0.2) is 30.3 Å². The second-order valence-corrected chi connectivity index (χ2v) is 3.43. The first-order valence-electron chi connectivity index (χ1n) is 4.98. The third-order valence-corrected chi connectivity index (χ3v) is 2.40. The molecule has 0 aromatic heterocycles. The Hall–Kier alpha value is -1.51. The minimum atomic E-state index is 0.0219. The van der Waals surface area contributed by atoms with E-state index >= 15 is 0 Å². The van der Waals surface area contributed by atoms with Crippen LogP contribution in [-0.4, -0.2) is 19.1 Å². The van der Waals surface area contributed by atoms with Crippen molar-refractivity contribution in [2.45, 2.75) is 12.8 Å². The Kier molecular flexibility index (Phi) is 2.68. The molecule has 3 heteroatoms. The van der Waals surface area contributed by atoms with Crippen LogP contribution in [0.5, 0.6) is 0 Å². The molecule has 2 rings (SSSR count). The summed E-state index contributed by atoms with van der Waals surface area (Å²) in [5, 5.41) is 2.88. The number of carbonyl (C=O) groups is 1. The summed E-state index contributed by atoms with van der Waals surface area (Å²) in [7, 11) is 0. The summed E-state index contributed by atoms with van der Waals surface area (Å²) in [5.41, 5.74) is 0.979. The molecule has 0 atom stereocenters. The maximum Gasteiger partial charge on any atom is 0.321 e. The number of hydrogen-bond donors (Lipinski definition) is 1. The predicted octanol–water partition coefficient (Wildman–Crippen LogP) is 2.00. The first kappa shape index (κ1) is 9.06. The van der Waals surface area contributed by atoms with Crippen LogP contribution in [0.3, 0.4) is 0 Å². The zero-order valence-electron chi connectivity index (χ0n) is 8.07. The molecule has 0 radical (unpaired) electrons. The van der Waals surface area contributed by atoms with Crippen molar-refractivity contribution in [2.24, 2.45) is 0 Å². The number of nitrogens with zero attached hydrogens (tertiary/aromatic N) is 1. The number of amides is 2. The average molecular weight is 190 g/mol. The molecule has 0 saturated carbocycles. The molecular weight excluding hydrogens is 176 g/mol. The van der Waals surface area contributed by atoms with Crippen molar-refractivity contribution in [3.63, 3.8) is 0 Å². The molecule has 1 aromatic rings. The summed E-state index contributed by atoms with van der Waals surface area (Å²) >= 11 is 0. The average Bonchev–Trinajstić information content (AvgIpc) is 2.44. The highest BCUT2D eigenvalue weighted by Gasteiger charge is 2.16. The predicted molar refractivity (Wildman–Crippen MR) is 56.4 cm³/mol. The summed E-state index contributed by atoms with van der Waals surface area (Å²) < 4.78 is 0. The van der Waals surface area contributed by atoms with Crippen molar-refractivity contribution < 1.29 is 4.79 Å². The number of para-hydroxylation sites is 1. The third-order valence-electron chi connectivity index (χ3n) is 2.40. The minimum Gasteiger partial charge on any atom is -0.338 e. The maximum absolute atomic E-state index is 11.6. The fraction of sp³-hybridized carbons (Fsp3) is 0.364. The molecule has 1 fully saturated rings. The largest absolute Gasteiger partial charge is 0.338 e. The van der Waals surface area contributed by atoms with Crippen LogP contribution in [0.1, 0.15) is 12.8 Å². The highest BCUT2D eigenvalue weighted by Crippen LogP contribution is 2.15. The van der Waals surface area contributed by atoms with Crippen molar-refractivity contribution >= 4 is 11.7 Å². The Balaban J connectivity index is 2.19. The fourth-order valence-electron chi connectivity index (χ4n) is 1.64. The van der Waals surface area contributed by atoms with E-state index in [1.165, 1.54) is 0 Å². The molecule has 1 heterocycles. The number of anilines is 1. The van der Waals surface area contributed by atoms with Gasteiger partial charge in [-0.25, -0.2) is 4.79 Å². The van der Waals surface area contributed by atoms with Gasteiger partial charge >= 0.3 is 6.03 Å². The van der Waals surface area contributed by atoms with Gasteiger partial charge in [0.1, 0.15) is 0 Å². The number of carbonyl (C=O) groups excluding carboxylic acids is 1. The van der Waals surface area contributed by atoms with E-state index in [9.17, 15) is 4.79 Å². The molecule has 0 aliphatic carbocycles. The zero-order chi connectivity index (χ0) is 9.80. The summed E-state index contributed by atoms with van der Waals surface area (Å²) in [6, 6.07) is 9.81. The number of benzene rings is 1. The lowest BCUT2D eigenvalue weighted by Crippen LogP contribution is -2.38. The Morgan fingerprint density at radius 1 is 1.14 bits per heavy atom. The van der Waals surface area contributed by atoms with Crippen molar-refractivity contribution in [1.29, 1.82) is 0 Å². The van der Waals surface area contributed by atoms with E-state index in [0.717, 1.165) is 31.6 Å². The van der Waals surface area contributed by atoms with E-state index in [4.69, 9.17) is 0 Å². The standard InChI is InChI=1S/C11H14N2O/c14-11-12-8-4-5-9-13(11)10-6-2-1-3-7-10/h1-3,6-7H,4-5,8-9H2,(H,12,14). The van der Waals surface area contributed by atoms with Crippen LogP contribution in [-0.2, 0) is 0 Å². The van der Waals surface area contributed by atoms with Crippen molar-refractivity contribution in [3.05, 3.63) is 30.3 Å². The fourth-order valence-corrected chi connectivity index (χ4v) is 1.64. The van der Waals surface area contributed by atoms with E-state index in [-0.39, 0.29) is 6.03 Å². The summed E-state index contributed by atoms with van der Waals surface area (Å²) in [4.78, 5) is 13.4. The van der Waals surface area contributed by atoms with Crippen LogP contribution in [0.4, 0.5) is 10.5 Å². The minimum absolute atomic E-state index is 0.0219. The molecule has 3 nitrogen and oxygen atoms in total. The van der Waals surface area contributed by atoms with Crippen molar-refractivity contribution in [1.82, 2.24) is 5.32 Å². The molecule has 1 aromatic carbocycles. The van der Waals surface area contributed by atoms with E-state index < -0.39 is 0 Å². The van der Waals surface area contributed by atoms with Gasteiger partial charge in [0.2, 0.25) is 0 Å². The zero-order valence-corrected chi connectivity index (χ0v) is 8.07. The molecule has 1 aliphatic heterocycles. The van der Waals surface area contributed by atoms with Crippen LogP contribution in [0.2, 0.25) is 0 Å². The van der Waals surface area contributed by atoms with E-state index in [0.29, 0.717) is 0 Å². The lowest BCUT2D eigenvalue weighted by molar-refractivity contribution is 0.248. The molecule has 0 unspecified atom stereocenters. The molecule has 0 bridgehead atoms. The van der Waals surface area contributed by atoms with Gasteiger partial charge in [-0.05, 0) is 25.0 Å². The Bertz CT molecular complexity index is 310. The lowest BCUT2D eigenvalue weighted by atomic mass is 10.2. The highest BCUT2D eigenvalue weighted by atomic mass is 16.2. The molecule has 1 aliphatic rings. The molecule has 14 heavy (non-hydrogen) atoms. The number of urea groups is 1. The van der Waals surface area contributed by atoms with Crippen LogP contribution in [0.25, 0.3) is 0 Å². The summed E-state index contributed by atoms with van der Waals surface area (Å²) in [6.07, 6.45) is 2.13. The molecular formula is C11H14N2O. The van der Waals surface area contributed by atoms with Gasteiger partial charge in [0.05, 0.1) is 0 Å². The maximum atomic E-state index is 11.6. The van der Waals surface area contributed by atoms with E-state index in [2.05, 4.69) is 5.32 Å². The highest BCUT2D eigenvalue weighted by molar-refractivity contribution is 5.92. The third kappa shape index (κ3) is 1.87. The normalized spacial score (nSPS) is 17.4. The van der Waals surface area contributed by atoms with Crippen LogP contribution in [0, 0.1) is 0 Å². The smallest absolute Gasteiger partial charge is 0.321 e. The first-order chi connectivity index (χ1) is 6.88. The van der Waals surface area contributed by atoms with Gasteiger partial charge < -0.3 is 5.32 Å². The van der Waals surface area contributed by atoms with Gasteiger partial charge in [0.15, 0.2) is 0 Å². The van der Waals surface area contributed by atoms with Gasteiger partial charge in [-0.3, -0.25) is 4.90 Å². The number of rotatable bonds is 1. The second-order valence-electron chi connectivity index (χ2n) is 3.43. The van der Waals surface area contributed by atoms with Gasteiger partial charge in [-0.1, -0.05) is 18.2 Å². The molecule has 74 valence electrons. The SMILES string of the molecule is O=C1NCCCCN1c1ccccc1. The van der Waals surface area contributed by atoms with Crippen molar-refractivity contribution in [2.75, 3.05) is 18.0 Å². The number of nitrogens with one attached hydrogen (secondary N) is 1. The van der Waals surface area contributed by atoms with Gasteiger partial charge in [0.25, 0.3) is 0 Å². The van der Waals surface area contributed by atoms with Crippen LogP contribution < -0.4 is 10.2 Å². The Labute approximate surface area is 83.7 Å². The molecule has 2 amide bonds. The molecule has 1 N–H and O–H groups in total. The molecule has 1 saturated heterocycles. The Morgan fingerprint density at radius 2 is 1.93 bits per heavy atom. The Morgan fingerprint density at radius 3 is 2.71 bits per heavy atom. The molecule has 0 spiro atoms. The first-order valence-corrected chi connectivity index (χ1v) is 4.98. The quantitative estimate of drug-likeness (QED) is 0.721.